The first kappa shape index (κ1) is 11.0. The van der Waals surface area contributed by atoms with Gasteiger partial charge in [-0.2, -0.15) is 0 Å². The molecule has 3 nitrogen and oxygen atoms in total. The Bertz CT molecular complexity index is 132. The zero-order chi connectivity index (χ0) is 9.23. The van der Waals surface area contributed by atoms with Gasteiger partial charge in [-0.05, 0) is 6.42 Å². The first-order chi connectivity index (χ1) is 5.81. The molecule has 0 heterocycles. The molecule has 3 heteroatoms. The largest absolute Gasteiger partial charge is 0.513 e. The van der Waals surface area contributed by atoms with Crippen LogP contribution in [-0.2, 0) is 9.47 Å². The van der Waals surface area contributed by atoms with Crippen LogP contribution in [0.15, 0.2) is 12.8 Å². The Morgan fingerprint density at radius 3 is 2.75 bits per heavy atom. The lowest BCUT2D eigenvalue weighted by Crippen LogP contribution is -2.04. The summed E-state index contributed by atoms with van der Waals surface area (Å²) in [5.74, 6) is 0. The lowest BCUT2D eigenvalue weighted by atomic mass is 10.2. The third-order valence-corrected chi connectivity index (χ3v) is 1.40. The highest BCUT2D eigenvalue weighted by molar-refractivity contribution is 5.60. The molecule has 0 aliphatic heterocycles. The van der Waals surface area contributed by atoms with Gasteiger partial charge in [0.2, 0.25) is 0 Å². The quantitative estimate of drug-likeness (QED) is 0.351. The van der Waals surface area contributed by atoms with Crippen LogP contribution in [0, 0.1) is 0 Å². The van der Waals surface area contributed by atoms with Crippen LogP contribution in [0.2, 0.25) is 0 Å². The molecule has 12 heavy (non-hydrogen) atoms. The van der Waals surface area contributed by atoms with Crippen LogP contribution in [0.5, 0.6) is 0 Å². The van der Waals surface area contributed by atoms with Gasteiger partial charge >= 0.3 is 6.16 Å². The van der Waals surface area contributed by atoms with Crippen molar-refractivity contribution in [1.29, 1.82) is 0 Å². The van der Waals surface area contributed by atoms with Crippen molar-refractivity contribution in [2.75, 3.05) is 6.61 Å². The summed E-state index contributed by atoms with van der Waals surface area (Å²) in [5.41, 5.74) is 0. The maximum absolute atomic E-state index is 10.6. The maximum Gasteiger partial charge on any atom is 0.513 e. The van der Waals surface area contributed by atoms with Crippen LogP contribution in [0.4, 0.5) is 4.79 Å². The summed E-state index contributed by atoms with van der Waals surface area (Å²) in [6, 6.07) is 0. The molecular weight excluding hydrogens is 156 g/mol. The molecule has 0 aromatic carbocycles. The van der Waals surface area contributed by atoms with E-state index in [-0.39, 0.29) is 0 Å². The lowest BCUT2D eigenvalue weighted by molar-refractivity contribution is 0.0834. The van der Waals surface area contributed by atoms with Crippen molar-refractivity contribution in [3.05, 3.63) is 12.8 Å². The number of rotatable bonds is 6. The average molecular weight is 172 g/mol. The summed E-state index contributed by atoms with van der Waals surface area (Å²) in [5, 5.41) is 0. The molecule has 0 unspecified atom stereocenters. The van der Waals surface area contributed by atoms with Crippen molar-refractivity contribution in [3.63, 3.8) is 0 Å². The SMILES string of the molecule is C=COC(=O)OCCCCCC. The number of unbranched alkanes of at least 4 members (excludes halogenated alkanes) is 3. The van der Waals surface area contributed by atoms with E-state index in [2.05, 4.69) is 18.2 Å². The molecule has 0 amide bonds. The van der Waals surface area contributed by atoms with Gasteiger partial charge in [-0.15, -0.1) is 0 Å². The van der Waals surface area contributed by atoms with Gasteiger partial charge in [-0.1, -0.05) is 32.8 Å². The van der Waals surface area contributed by atoms with Crippen LogP contribution in [0.25, 0.3) is 0 Å². The molecule has 0 atom stereocenters. The Morgan fingerprint density at radius 1 is 1.42 bits per heavy atom. The Labute approximate surface area is 73.4 Å². The van der Waals surface area contributed by atoms with Gasteiger partial charge in [0.05, 0.1) is 12.9 Å². The molecular formula is C9H16O3. The monoisotopic (exact) mass is 172 g/mol. The number of carbonyl (C=O) groups excluding carboxylic acids is 1. The lowest BCUT2D eigenvalue weighted by Gasteiger charge is -2.01. The van der Waals surface area contributed by atoms with Crippen LogP contribution in [-0.4, -0.2) is 12.8 Å². The standard InChI is InChI=1S/C9H16O3/c1-3-5-6-7-8-12-9(10)11-4-2/h4H,2-3,5-8H2,1H3. The van der Waals surface area contributed by atoms with E-state index >= 15 is 0 Å². The number of carbonyl (C=O) groups is 1. The van der Waals surface area contributed by atoms with Crippen molar-refractivity contribution in [1.82, 2.24) is 0 Å². The Balaban J connectivity index is 3.08. The molecule has 0 aromatic heterocycles. The van der Waals surface area contributed by atoms with Crippen LogP contribution < -0.4 is 0 Å². The van der Waals surface area contributed by atoms with E-state index in [1.807, 2.05) is 0 Å². The third kappa shape index (κ3) is 7.12. The molecule has 0 radical (unpaired) electrons. The second-order valence-electron chi connectivity index (χ2n) is 2.44. The van der Waals surface area contributed by atoms with Crippen molar-refractivity contribution in [2.45, 2.75) is 32.6 Å². The van der Waals surface area contributed by atoms with E-state index in [1.54, 1.807) is 0 Å². The van der Waals surface area contributed by atoms with Gasteiger partial charge in [0, 0.05) is 0 Å². The molecule has 0 saturated heterocycles. The Kier molecular flexibility index (Phi) is 7.44. The van der Waals surface area contributed by atoms with E-state index < -0.39 is 6.16 Å². The summed E-state index contributed by atoms with van der Waals surface area (Å²) in [7, 11) is 0. The zero-order valence-corrected chi connectivity index (χ0v) is 7.54. The maximum atomic E-state index is 10.6. The van der Waals surface area contributed by atoms with Crippen LogP contribution >= 0.6 is 0 Å². The van der Waals surface area contributed by atoms with Crippen molar-refractivity contribution in [3.8, 4) is 0 Å². The fourth-order valence-electron chi connectivity index (χ4n) is 0.786. The summed E-state index contributed by atoms with van der Waals surface area (Å²) in [4.78, 5) is 10.6. The smallest absolute Gasteiger partial charge is 0.434 e. The first-order valence-corrected chi connectivity index (χ1v) is 4.25. The highest BCUT2D eigenvalue weighted by Gasteiger charge is 1.99. The Morgan fingerprint density at radius 2 is 2.17 bits per heavy atom. The van der Waals surface area contributed by atoms with E-state index in [4.69, 9.17) is 4.74 Å². The Hall–Kier alpha value is -0.990. The average Bonchev–Trinajstić information content (AvgIpc) is 2.05. The van der Waals surface area contributed by atoms with Gasteiger partial charge in [0.15, 0.2) is 0 Å². The normalized spacial score (nSPS) is 9.08. The van der Waals surface area contributed by atoms with E-state index in [1.165, 1.54) is 12.8 Å². The zero-order valence-electron chi connectivity index (χ0n) is 7.54. The predicted molar refractivity (Wildman–Crippen MR) is 46.8 cm³/mol. The third-order valence-electron chi connectivity index (χ3n) is 1.40. The summed E-state index contributed by atoms with van der Waals surface area (Å²) in [6.07, 6.45) is 4.75. The molecule has 0 aromatic rings. The predicted octanol–water partition coefficient (Wildman–Crippen LogP) is 2.86. The second kappa shape index (κ2) is 8.11. The molecule has 0 bridgehead atoms. The minimum Gasteiger partial charge on any atom is -0.434 e. The van der Waals surface area contributed by atoms with Gasteiger partial charge in [-0.3, -0.25) is 0 Å². The molecule has 0 aliphatic carbocycles. The van der Waals surface area contributed by atoms with Crippen molar-refractivity contribution >= 4 is 6.16 Å². The molecule has 0 rings (SSSR count). The van der Waals surface area contributed by atoms with Gasteiger partial charge in [-0.25, -0.2) is 4.79 Å². The fourth-order valence-corrected chi connectivity index (χ4v) is 0.786. The fraction of sp³-hybridized carbons (Fsp3) is 0.667. The second-order valence-corrected chi connectivity index (χ2v) is 2.44. The first-order valence-electron chi connectivity index (χ1n) is 4.25. The topological polar surface area (TPSA) is 35.5 Å². The van der Waals surface area contributed by atoms with Gasteiger partial charge in [0.1, 0.15) is 0 Å². The highest BCUT2D eigenvalue weighted by Crippen LogP contribution is 1.99. The molecule has 0 fully saturated rings. The van der Waals surface area contributed by atoms with Crippen molar-refractivity contribution in [2.24, 2.45) is 0 Å². The van der Waals surface area contributed by atoms with Crippen LogP contribution in [0.3, 0.4) is 0 Å². The summed E-state index contributed by atoms with van der Waals surface area (Å²) >= 11 is 0. The van der Waals surface area contributed by atoms with E-state index in [0.717, 1.165) is 19.1 Å². The molecule has 0 spiro atoms. The minimum atomic E-state index is -0.665. The molecule has 70 valence electrons. The molecule has 0 aliphatic rings. The van der Waals surface area contributed by atoms with Gasteiger partial charge in [0.25, 0.3) is 0 Å². The van der Waals surface area contributed by atoms with Crippen molar-refractivity contribution < 1.29 is 14.3 Å². The summed E-state index contributed by atoms with van der Waals surface area (Å²) in [6.45, 7) is 5.80. The number of hydrogen-bond acceptors (Lipinski definition) is 3. The minimum absolute atomic E-state index is 0.437. The highest BCUT2D eigenvalue weighted by atomic mass is 16.7. The van der Waals surface area contributed by atoms with Crippen LogP contribution in [0.1, 0.15) is 32.6 Å². The summed E-state index contributed by atoms with van der Waals surface area (Å²) < 4.78 is 9.05. The molecule has 0 N–H and O–H groups in total. The van der Waals surface area contributed by atoms with E-state index in [9.17, 15) is 4.79 Å². The molecule has 0 saturated carbocycles. The van der Waals surface area contributed by atoms with Gasteiger partial charge < -0.3 is 9.47 Å². The number of ether oxygens (including phenoxy) is 2. The number of hydrogen-bond donors (Lipinski definition) is 0. The van der Waals surface area contributed by atoms with E-state index in [0.29, 0.717) is 6.61 Å².